The van der Waals surface area contributed by atoms with E-state index >= 15 is 0 Å². The third-order valence-corrected chi connectivity index (χ3v) is 7.23. The van der Waals surface area contributed by atoms with Crippen molar-refractivity contribution >= 4 is 15.6 Å². The van der Waals surface area contributed by atoms with Crippen molar-refractivity contribution in [3.8, 4) is 11.5 Å². The molecule has 0 aliphatic rings. The molecule has 2 aromatic carbocycles. The maximum absolute atomic E-state index is 13.0. The van der Waals surface area contributed by atoms with Crippen molar-refractivity contribution in [3.63, 3.8) is 0 Å². The van der Waals surface area contributed by atoms with Crippen molar-refractivity contribution in [2.45, 2.75) is 27.7 Å². The van der Waals surface area contributed by atoms with Crippen molar-refractivity contribution < 1.29 is 52.7 Å². The summed E-state index contributed by atoms with van der Waals surface area (Å²) in [7, 11) is -9.79. The molecule has 0 spiro atoms. The van der Waals surface area contributed by atoms with E-state index in [0.29, 0.717) is 22.3 Å². The Hall–Kier alpha value is -1.78. The Morgan fingerprint density at radius 1 is 0.676 bits per heavy atom. The average Bonchev–Trinajstić information content (AvgIpc) is 2.75. The summed E-state index contributed by atoms with van der Waals surface area (Å²) < 4.78 is 39.5. The lowest BCUT2D eigenvalue weighted by atomic mass is 9.93. The van der Waals surface area contributed by atoms with Crippen LogP contribution < -0.4 is 9.05 Å². The third kappa shape index (κ3) is 8.78. The number of aryl methyl sites for hydroxylation is 4. The minimum absolute atomic E-state index is 0.186. The van der Waals surface area contributed by atoms with Gasteiger partial charge in [-0.15, -0.1) is 0 Å². The largest absolute Gasteiger partial charge is 0.596 e. The molecule has 0 amide bonds. The Morgan fingerprint density at radius 2 is 0.971 bits per heavy atom. The third-order valence-electron chi connectivity index (χ3n) is 4.77. The van der Waals surface area contributed by atoms with E-state index in [9.17, 15) is 9.13 Å². The Bertz CT molecular complexity index is 916. The summed E-state index contributed by atoms with van der Waals surface area (Å²) in [4.78, 5) is 18.3. The van der Waals surface area contributed by atoms with Gasteiger partial charge in [0.15, 0.2) is 0 Å². The normalized spacial score (nSPS) is 12.1. The second-order valence-corrected chi connectivity index (χ2v) is 10.7. The molecular weight excluding hydrogens is 490 g/mol. The van der Waals surface area contributed by atoms with Gasteiger partial charge in [0.2, 0.25) is 0 Å². The lowest BCUT2D eigenvalue weighted by molar-refractivity contribution is -0.0328. The van der Waals surface area contributed by atoms with Gasteiger partial charge in [-0.3, -0.25) is 0 Å². The number of aliphatic hydroxyl groups is 4. The molecule has 0 radical (unpaired) electrons. The van der Waals surface area contributed by atoms with E-state index in [1.54, 1.807) is 64.1 Å². The monoisotopic (exact) mass is 522 g/mol. The number of rotatable bonds is 10. The van der Waals surface area contributed by atoms with Crippen LogP contribution in [0, 0.1) is 33.1 Å². The molecule has 0 fully saturated rings. The Morgan fingerprint density at radius 3 is 1.18 bits per heavy atom. The van der Waals surface area contributed by atoms with E-state index in [2.05, 4.69) is 4.31 Å². The van der Waals surface area contributed by atoms with Crippen LogP contribution in [-0.2, 0) is 13.4 Å². The fourth-order valence-corrected chi connectivity index (χ4v) is 4.96. The number of aliphatic hydroxyl groups excluding tert-OH is 4. The van der Waals surface area contributed by atoms with Gasteiger partial charge in [-0.25, -0.2) is 9.13 Å². The van der Waals surface area contributed by atoms with Gasteiger partial charge < -0.3 is 39.3 Å². The molecule has 0 saturated heterocycles. The molecule has 0 atom stereocenters. The van der Waals surface area contributed by atoms with Crippen molar-refractivity contribution in [1.29, 1.82) is 0 Å². The number of hydrogen-bond donors (Lipinski definition) is 6. The molecule has 0 aliphatic heterocycles. The van der Waals surface area contributed by atoms with Crippen LogP contribution in [0.4, 0.5) is 0 Å². The van der Waals surface area contributed by atoms with Crippen LogP contribution >= 0.6 is 15.6 Å². The lowest BCUT2D eigenvalue weighted by Gasteiger charge is -2.23. The maximum Gasteiger partial charge on any atom is 0.596 e. The molecule has 0 heterocycles. The van der Waals surface area contributed by atoms with Crippen LogP contribution in [0.25, 0.3) is 0 Å². The molecule has 0 unspecified atom stereocenters. The van der Waals surface area contributed by atoms with E-state index in [0.717, 1.165) is 0 Å². The first-order chi connectivity index (χ1) is 15.7. The fraction of sp³-hybridized carbons (Fsp3) is 0.429. The second-order valence-electron chi connectivity index (χ2n) is 7.78. The first-order valence-corrected chi connectivity index (χ1v) is 13.1. The van der Waals surface area contributed by atoms with E-state index < -0.39 is 47.5 Å². The zero-order chi connectivity index (χ0) is 26.2. The first kappa shape index (κ1) is 30.3. The van der Waals surface area contributed by atoms with E-state index in [1.165, 1.54) is 0 Å². The molecular formula is C21H32O11P2. The molecule has 6 N–H and O–H groups in total. The van der Waals surface area contributed by atoms with Gasteiger partial charge in [0.1, 0.15) is 11.5 Å². The zero-order valence-electron chi connectivity index (χ0n) is 19.4. The quantitative estimate of drug-likeness (QED) is 0.252. The molecule has 2 rings (SSSR count). The molecule has 0 aliphatic carbocycles. The van der Waals surface area contributed by atoms with Gasteiger partial charge in [-0.05, 0) is 49.9 Å². The highest BCUT2D eigenvalue weighted by molar-refractivity contribution is 7.61. The predicted molar refractivity (Wildman–Crippen MR) is 125 cm³/mol. The second kappa shape index (κ2) is 12.8. The number of para-hydroxylation sites is 2. The van der Waals surface area contributed by atoms with E-state index in [1.807, 2.05) is 0 Å². The predicted octanol–water partition coefficient (Wildman–Crippen LogP) is 2.54. The first-order valence-electron chi connectivity index (χ1n) is 10.1. The Balaban J connectivity index is 0.000000546. The Kier molecular flexibility index (Phi) is 11.4. The van der Waals surface area contributed by atoms with Crippen molar-refractivity contribution in [3.05, 3.63) is 58.7 Å². The molecule has 13 heteroatoms. The summed E-state index contributed by atoms with van der Waals surface area (Å²) in [6.45, 7) is 5.22. The maximum atomic E-state index is 13.0. The molecule has 0 aromatic heterocycles. The SMILES string of the molecule is Cc1cccc(C)c1OP(=O)(Oc1c(C)cccc1C)OP(=O)(O)O.OCC(CO)(CO)CO. The molecule has 11 nitrogen and oxygen atoms in total. The number of benzene rings is 2. The van der Waals surface area contributed by atoms with E-state index in [4.69, 9.17) is 39.3 Å². The number of phosphoric acid groups is 2. The van der Waals surface area contributed by atoms with Crippen molar-refractivity contribution in [1.82, 2.24) is 0 Å². The van der Waals surface area contributed by atoms with Gasteiger partial charge in [-0.1, -0.05) is 36.4 Å². The summed E-state index contributed by atoms with van der Waals surface area (Å²) in [6.07, 6.45) is 0. The van der Waals surface area contributed by atoms with Crippen LogP contribution in [-0.4, -0.2) is 56.6 Å². The van der Waals surface area contributed by atoms with Gasteiger partial charge in [0.05, 0.1) is 31.8 Å². The summed E-state index contributed by atoms with van der Waals surface area (Å²) in [6, 6.07) is 10.4. The van der Waals surface area contributed by atoms with Crippen LogP contribution in [0.2, 0.25) is 0 Å². The van der Waals surface area contributed by atoms with E-state index in [-0.39, 0.29) is 11.5 Å². The summed E-state index contributed by atoms with van der Waals surface area (Å²) in [5.74, 6) is 0.371. The number of hydrogen-bond acceptors (Lipinski definition) is 9. The average molecular weight is 522 g/mol. The highest BCUT2D eigenvalue weighted by Gasteiger charge is 2.40. The fourth-order valence-electron chi connectivity index (χ4n) is 2.59. The number of phosphoric ester groups is 1. The highest BCUT2D eigenvalue weighted by atomic mass is 31.3. The van der Waals surface area contributed by atoms with Crippen LogP contribution in [0.5, 0.6) is 11.5 Å². The Labute approximate surface area is 198 Å². The topological polar surface area (TPSA) is 183 Å². The van der Waals surface area contributed by atoms with Gasteiger partial charge in [-0.2, -0.15) is 4.31 Å². The summed E-state index contributed by atoms with van der Waals surface area (Å²) in [5.41, 5.74) is 1.39. The van der Waals surface area contributed by atoms with Crippen LogP contribution in [0.3, 0.4) is 0 Å². The minimum Gasteiger partial charge on any atom is -0.396 e. The van der Waals surface area contributed by atoms with Crippen LogP contribution in [0.1, 0.15) is 22.3 Å². The lowest BCUT2D eigenvalue weighted by Crippen LogP contribution is -2.37. The molecule has 0 saturated carbocycles. The minimum atomic E-state index is -5.13. The summed E-state index contributed by atoms with van der Waals surface area (Å²) in [5, 5.41) is 34.0. The zero-order valence-corrected chi connectivity index (χ0v) is 21.2. The van der Waals surface area contributed by atoms with Crippen LogP contribution in [0.15, 0.2) is 36.4 Å². The molecule has 0 bridgehead atoms. The van der Waals surface area contributed by atoms with Gasteiger partial charge >= 0.3 is 15.6 Å². The molecule has 34 heavy (non-hydrogen) atoms. The van der Waals surface area contributed by atoms with Gasteiger partial charge in [0.25, 0.3) is 0 Å². The summed E-state index contributed by atoms with van der Waals surface area (Å²) >= 11 is 0. The molecule has 2 aromatic rings. The van der Waals surface area contributed by atoms with Crippen molar-refractivity contribution in [2.24, 2.45) is 5.41 Å². The standard InChI is InChI=1S/C16H20O7P2.C5H12O4/c1-11-7-5-8-12(2)15(11)21-25(20,23-24(17,18)19)22-16-13(3)9-6-10-14(16)4;6-1-5(2-7,3-8)4-9/h5-10H,1-4H3,(H2,17,18,19);6-9H,1-4H2. The molecule has 192 valence electrons. The smallest absolute Gasteiger partial charge is 0.396 e. The highest BCUT2D eigenvalue weighted by Crippen LogP contribution is 2.61. The van der Waals surface area contributed by atoms with Crippen molar-refractivity contribution in [2.75, 3.05) is 26.4 Å². The van der Waals surface area contributed by atoms with Gasteiger partial charge in [0, 0.05) is 0 Å².